The minimum Gasteiger partial charge on any atom is -0.373 e. The first-order valence-corrected chi connectivity index (χ1v) is 8.41. The molecule has 1 fully saturated rings. The zero-order chi connectivity index (χ0) is 16.9. The fourth-order valence-electron chi connectivity index (χ4n) is 2.95. The fourth-order valence-corrected chi connectivity index (χ4v) is 2.95. The molecule has 1 unspecified atom stereocenters. The fraction of sp³-hybridized carbons (Fsp3) is 0.300. The van der Waals surface area contributed by atoms with Gasteiger partial charge in [0.15, 0.2) is 0 Å². The molecule has 0 aromatic heterocycles. The van der Waals surface area contributed by atoms with E-state index in [0.717, 1.165) is 17.7 Å². The second-order valence-corrected chi connectivity index (χ2v) is 6.07. The summed E-state index contributed by atoms with van der Waals surface area (Å²) >= 11 is 0. The van der Waals surface area contributed by atoms with Crippen LogP contribution in [0.4, 0.5) is 5.69 Å². The average Bonchev–Trinajstić information content (AvgIpc) is 2.88. The van der Waals surface area contributed by atoms with Crippen LogP contribution in [0.15, 0.2) is 54.6 Å². The molecule has 2 aromatic carbocycles. The van der Waals surface area contributed by atoms with Crippen molar-refractivity contribution in [3.63, 3.8) is 0 Å². The summed E-state index contributed by atoms with van der Waals surface area (Å²) in [6.45, 7) is 2.54. The van der Waals surface area contributed by atoms with E-state index < -0.39 is 6.04 Å². The molecule has 2 aromatic rings. The first-order chi connectivity index (χ1) is 11.7. The van der Waals surface area contributed by atoms with E-state index in [9.17, 15) is 9.59 Å². The first kappa shape index (κ1) is 16.2. The van der Waals surface area contributed by atoms with E-state index in [0.29, 0.717) is 13.0 Å². The van der Waals surface area contributed by atoms with Gasteiger partial charge in [0.1, 0.15) is 6.04 Å². The predicted octanol–water partition coefficient (Wildman–Crippen LogP) is 3.03. The SMILES string of the molecule is CCc1ccc(NC2CC(=O)N(CCc3ccccc3)C2=O)cc1. The van der Waals surface area contributed by atoms with Gasteiger partial charge >= 0.3 is 0 Å². The molecule has 124 valence electrons. The second-order valence-electron chi connectivity index (χ2n) is 6.07. The number of hydrogen-bond donors (Lipinski definition) is 1. The molecule has 2 amide bonds. The zero-order valence-electron chi connectivity index (χ0n) is 13.9. The van der Waals surface area contributed by atoms with Gasteiger partial charge in [-0.25, -0.2) is 0 Å². The lowest BCUT2D eigenvalue weighted by Gasteiger charge is -2.16. The molecule has 1 saturated heterocycles. The van der Waals surface area contributed by atoms with Gasteiger partial charge in [0.05, 0.1) is 6.42 Å². The average molecular weight is 322 g/mol. The lowest BCUT2D eigenvalue weighted by molar-refractivity contribution is -0.138. The number of likely N-dealkylation sites (tertiary alicyclic amines) is 1. The molecule has 1 heterocycles. The largest absolute Gasteiger partial charge is 0.373 e. The summed E-state index contributed by atoms with van der Waals surface area (Å²) in [5.74, 6) is -0.228. The lowest BCUT2D eigenvalue weighted by Crippen LogP contribution is -2.36. The quantitative estimate of drug-likeness (QED) is 0.832. The van der Waals surface area contributed by atoms with Crippen LogP contribution < -0.4 is 5.32 Å². The van der Waals surface area contributed by atoms with Gasteiger partial charge in [-0.3, -0.25) is 14.5 Å². The van der Waals surface area contributed by atoms with Gasteiger partial charge in [0, 0.05) is 12.2 Å². The van der Waals surface area contributed by atoms with Crippen molar-refractivity contribution in [1.29, 1.82) is 0 Å². The maximum Gasteiger partial charge on any atom is 0.252 e. The third-order valence-electron chi connectivity index (χ3n) is 4.41. The summed E-state index contributed by atoms with van der Waals surface area (Å²) in [4.78, 5) is 26.1. The monoisotopic (exact) mass is 322 g/mol. The summed E-state index contributed by atoms with van der Waals surface area (Å²) < 4.78 is 0. The molecule has 0 spiro atoms. The van der Waals surface area contributed by atoms with E-state index in [1.165, 1.54) is 10.5 Å². The van der Waals surface area contributed by atoms with E-state index in [4.69, 9.17) is 0 Å². The Morgan fingerprint density at radius 1 is 1.00 bits per heavy atom. The maximum atomic E-state index is 12.5. The third-order valence-corrected chi connectivity index (χ3v) is 4.41. The maximum absolute atomic E-state index is 12.5. The number of nitrogens with one attached hydrogen (secondary N) is 1. The van der Waals surface area contributed by atoms with Crippen molar-refractivity contribution < 1.29 is 9.59 Å². The summed E-state index contributed by atoms with van der Waals surface area (Å²) in [5.41, 5.74) is 3.26. The second kappa shape index (κ2) is 7.30. The van der Waals surface area contributed by atoms with Crippen LogP contribution in [0.25, 0.3) is 0 Å². The number of hydrogen-bond acceptors (Lipinski definition) is 3. The first-order valence-electron chi connectivity index (χ1n) is 8.41. The number of nitrogens with zero attached hydrogens (tertiary/aromatic N) is 1. The molecule has 0 aliphatic carbocycles. The van der Waals surface area contributed by atoms with Crippen LogP contribution in [0, 0.1) is 0 Å². The number of benzene rings is 2. The highest BCUT2D eigenvalue weighted by Crippen LogP contribution is 2.19. The number of amides is 2. The number of aryl methyl sites for hydroxylation is 1. The van der Waals surface area contributed by atoms with Crippen LogP contribution in [-0.4, -0.2) is 29.3 Å². The van der Waals surface area contributed by atoms with Gasteiger partial charge < -0.3 is 5.32 Å². The minimum absolute atomic E-state index is 0.0985. The van der Waals surface area contributed by atoms with Crippen molar-refractivity contribution in [3.05, 3.63) is 65.7 Å². The minimum atomic E-state index is -0.458. The summed E-state index contributed by atoms with van der Waals surface area (Å²) in [6.07, 6.45) is 1.90. The van der Waals surface area contributed by atoms with Crippen LogP contribution in [0.2, 0.25) is 0 Å². The smallest absolute Gasteiger partial charge is 0.252 e. The molecule has 3 rings (SSSR count). The lowest BCUT2D eigenvalue weighted by atomic mass is 10.1. The van der Waals surface area contributed by atoms with Crippen molar-refractivity contribution in [2.75, 3.05) is 11.9 Å². The van der Waals surface area contributed by atoms with Gasteiger partial charge in [-0.05, 0) is 36.1 Å². The molecule has 0 saturated carbocycles. The van der Waals surface area contributed by atoms with Crippen LogP contribution >= 0.6 is 0 Å². The Bertz CT molecular complexity index is 710. The molecule has 0 radical (unpaired) electrons. The predicted molar refractivity (Wildman–Crippen MR) is 94.7 cm³/mol. The number of carbonyl (C=O) groups excluding carboxylic acids is 2. The highest BCUT2D eigenvalue weighted by atomic mass is 16.2. The number of imide groups is 1. The van der Waals surface area contributed by atoms with Gasteiger partial charge in [-0.1, -0.05) is 49.4 Å². The van der Waals surface area contributed by atoms with E-state index in [-0.39, 0.29) is 18.2 Å². The Kier molecular flexibility index (Phi) is 4.94. The standard InChI is InChI=1S/C20H22N2O2/c1-2-15-8-10-17(11-9-15)21-18-14-19(23)22(20(18)24)13-12-16-6-4-3-5-7-16/h3-11,18,21H,2,12-14H2,1H3. The molecule has 1 N–H and O–H groups in total. The third kappa shape index (κ3) is 3.65. The Morgan fingerprint density at radius 2 is 1.71 bits per heavy atom. The Morgan fingerprint density at radius 3 is 2.38 bits per heavy atom. The van der Waals surface area contributed by atoms with Crippen LogP contribution in [0.5, 0.6) is 0 Å². The molecule has 0 bridgehead atoms. The van der Waals surface area contributed by atoms with Crippen LogP contribution in [0.1, 0.15) is 24.5 Å². The van der Waals surface area contributed by atoms with E-state index in [1.54, 1.807) is 0 Å². The zero-order valence-corrected chi connectivity index (χ0v) is 13.9. The van der Waals surface area contributed by atoms with Crippen molar-refractivity contribution >= 4 is 17.5 Å². The number of carbonyl (C=O) groups is 2. The summed E-state index contributed by atoms with van der Waals surface area (Å²) in [5, 5.41) is 3.19. The van der Waals surface area contributed by atoms with E-state index >= 15 is 0 Å². The summed E-state index contributed by atoms with van der Waals surface area (Å²) in [7, 11) is 0. The highest BCUT2D eigenvalue weighted by molar-refractivity contribution is 6.06. The Hall–Kier alpha value is -2.62. The van der Waals surface area contributed by atoms with Crippen molar-refractivity contribution in [2.24, 2.45) is 0 Å². The Balaban J connectivity index is 1.60. The number of anilines is 1. The summed E-state index contributed by atoms with van der Waals surface area (Å²) in [6, 6.07) is 17.5. The van der Waals surface area contributed by atoms with Gasteiger partial charge in [0.25, 0.3) is 5.91 Å². The van der Waals surface area contributed by atoms with Crippen LogP contribution in [0.3, 0.4) is 0 Å². The molecular formula is C20H22N2O2. The van der Waals surface area contributed by atoms with E-state index in [1.807, 2.05) is 54.6 Å². The van der Waals surface area contributed by atoms with Gasteiger partial charge in [-0.2, -0.15) is 0 Å². The van der Waals surface area contributed by atoms with Crippen molar-refractivity contribution in [3.8, 4) is 0 Å². The topological polar surface area (TPSA) is 49.4 Å². The molecule has 4 heteroatoms. The van der Waals surface area contributed by atoms with Gasteiger partial charge in [-0.15, -0.1) is 0 Å². The molecule has 1 aliphatic rings. The normalized spacial score (nSPS) is 17.4. The van der Waals surface area contributed by atoms with E-state index in [2.05, 4.69) is 12.2 Å². The molecular weight excluding hydrogens is 300 g/mol. The molecule has 24 heavy (non-hydrogen) atoms. The number of rotatable bonds is 6. The van der Waals surface area contributed by atoms with Crippen molar-refractivity contribution in [2.45, 2.75) is 32.2 Å². The highest BCUT2D eigenvalue weighted by Gasteiger charge is 2.38. The van der Waals surface area contributed by atoms with Gasteiger partial charge in [0.2, 0.25) is 5.91 Å². The molecule has 4 nitrogen and oxygen atoms in total. The Labute approximate surface area is 142 Å². The molecule has 1 atom stereocenters. The molecule has 1 aliphatic heterocycles. The van der Waals surface area contributed by atoms with Crippen molar-refractivity contribution in [1.82, 2.24) is 4.90 Å². The van der Waals surface area contributed by atoms with Crippen LogP contribution in [-0.2, 0) is 22.4 Å².